The van der Waals surface area contributed by atoms with Gasteiger partial charge in [0.15, 0.2) is 17.3 Å². The fraction of sp³-hybridized carbons (Fsp3) is 0.300. The molecule has 0 aliphatic heterocycles. The Morgan fingerprint density at radius 3 is 2.79 bits per heavy atom. The van der Waals surface area contributed by atoms with E-state index in [1.807, 2.05) is 0 Å². The van der Waals surface area contributed by atoms with E-state index < -0.39 is 5.82 Å². The predicted octanol–water partition coefficient (Wildman–Crippen LogP) is 2.34. The molecule has 0 fully saturated rings. The van der Waals surface area contributed by atoms with Crippen molar-refractivity contribution in [1.29, 1.82) is 0 Å². The number of carbonyl (C=O) groups excluding carboxylic acids is 1. The highest BCUT2D eigenvalue weighted by molar-refractivity contribution is 7.81. The van der Waals surface area contributed by atoms with Crippen molar-refractivity contribution in [3.8, 4) is 5.75 Å². The molecule has 0 atom stereocenters. The number of ether oxygens (including phenoxy) is 1. The van der Waals surface area contributed by atoms with Crippen LogP contribution in [-0.2, 0) is 0 Å². The lowest BCUT2D eigenvalue weighted by molar-refractivity contribution is 0.102. The van der Waals surface area contributed by atoms with Crippen LogP contribution in [0, 0.1) is 5.82 Å². The number of ketones is 1. The van der Waals surface area contributed by atoms with Gasteiger partial charge in [-0.2, -0.15) is 12.6 Å². The lowest BCUT2D eigenvalue weighted by Crippen LogP contribution is -2.02. The zero-order valence-electron chi connectivity index (χ0n) is 7.79. The highest BCUT2D eigenvalue weighted by Crippen LogP contribution is 2.18. The fourth-order valence-corrected chi connectivity index (χ4v) is 1.22. The van der Waals surface area contributed by atoms with E-state index in [9.17, 15) is 9.18 Å². The van der Waals surface area contributed by atoms with Gasteiger partial charge in [-0.3, -0.25) is 4.79 Å². The van der Waals surface area contributed by atoms with Gasteiger partial charge in [0.1, 0.15) is 0 Å². The third-order valence-corrected chi connectivity index (χ3v) is 1.98. The Hall–Kier alpha value is -1.03. The molecule has 0 spiro atoms. The summed E-state index contributed by atoms with van der Waals surface area (Å²) in [4.78, 5) is 11.2. The second kappa shape index (κ2) is 5.00. The van der Waals surface area contributed by atoms with Crippen molar-refractivity contribution < 1.29 is 13.9 Å². The second-order valence-electron chi connectivity index (χ2n) is 2.66. The number of benzene rings is 1. The van der Waals surface area contributed by atoms with Crippen molar-refractivity contribution >= 4 is 18.4 Å². The molecule has 1 aromatic rings. The maximum Gasteiger partial charge on any atom is 0.172 e. The van der Waals surface area contributed by atoms with Gasteiger partial charge in [0.2, 0.25) is 0 Å². The van der Waals surface area contributed by atoms with Crippen LogP contribution in [0.4, 0.5) is 4.39 Å². The monoisotopic (exact) mass is 214 g/mol. The van der Waals surface area contributed by atoms with Crippen LogP contribution in [0.15, 0.2) is 18.2 Å². The molecule has 2 nitrogen and oxygen atoms in total. The Bertz CT molecular complexity index is 339. The van der Waals surface area contributed by atoms with Crippen LogP contribution >= 0.6 is 12.6 Å². The quantitative estimate of drug-likeness (QED) is 0.615. The van der Waals surface area contributed by atoms with Crippen LogP contribution in [-0.4, -0.2) is 18.1 Å². The number of carbonyl (C=O) groups is 1. The summed E-state index contributed by atoms with van der Waals surface area (Å²) in [5.41, 5.74) is 0.320. The summed E-state index contributed by atoms with van der Waals surface area (Å²) in [5.74, 6) is -0.467. The smallest absolute Gasteiger partial charge is 0.172 e. The molecule has 0 N–H and O–H groups in total. The molecule has 0 saturated heterocycles. The van der Waals surface area contributed by atoms with Crippen molar-refractivity contribution in [2.45, 2.75) is 6.92 Å². The summed E-state index contributed by atoms with van der Waals surface area (Å²) in [5, 5.41) is 0. The molecule has 14 heavy (non-hydrogen) atoms. The minimum atomic E-state index is -0.514. The third-order valence-electron chi connectivity index (χ3n) is 1.70. The average Bonchev–Trinajstić information content (AvgIpc) is 2.20. The predicted molar refractivity (Wildman–Crippen MR) is 55.8 cm³/mol. The standard InChI is InChI=1S/C10H11FO2S/c1-2-13-10-4-3-7(5-8(10)11)9(12)6-14/h3-5,14H,2,6H2,1H3. The van der Waals surface area contributed by atoms with E-state index in [4.69, 9.17) is 4.74 Å². The summed E-state index contributed by atoms with van der Waals surface area (Å²) < 4.78 is 18.2. The molecular weight excluding hydrogens is 203 g/mol. The molecule has 1 rings (SSSR count). The summed E-state index contributed by atoms with van der Waals surface area (Å²) in [6.07, 6.45) is 0. The van der Waals surface area contributed by atoms with E-state index in [-0.39, 0.29) is 17.3 Å². The summed E-state index contributed by atoms with van der Waals surface area (Å²) in [6, 6.07) is 4.16. The van der Waals surface area contributed by atoms with Crippen LogP contribution in [0.1, 0.15) is 17.3 Å². The van der Waals surface area contributed by atoms with Gasteiger partial charge in [0.25, 0.3) is 0 Å². The Kier molecular flexibility index (Phi) is 3.95. The van der Waals surface area contributed by atoms with Crippen molar-refractivity contribution in [3.63, 3.8) is 0 Å². The normalized spacial score (nSPS) is 9.93. The highest BCUT2D eigenvalue weighted by atomic mass is 32.1. The van der Waals surface area contributed by atoms with Gasteiger partial charge >= 0.3 is 0 Å². The maximum atomic E-state index is 13.2. The summed E-state index contributed by atoms with van der Waals surface area (Å²) in [6.45, 7) is 2.17. The number of Topliss-reactive ketones (excluding diaryl/α,β-unsaturated/α-hetero) is 1. The van der Waals surface area contributed by atoms with Crippen molar-refractivity contribution in [3.05, 3.63) is 29.6 Å². The topological polar surface area (TPSA) is 26.3 Å². The van der Waals surface area contributed by atoms with E-state index in [2.05, 4.69) is 12.6 Å². The molecule has 1 aromatic carbocycles. The van der Waals surface area contributed by atoms with Gasteiger partial charge in [-0.25, -0.2) is 4.39 Å². The second-order valence-corrected chi connectivity index (χ2v) is 2.98. The van der Waals surface area contributed by atoms with Crippen LogP contribution in [0.3, 0.4) is 0 Å². The van der Waals surface area contributed by atoms with Gasteiger partial charge in [-0.15, -0.1) is 0 Å². The highest BCUT2D eigenvalue weighted by Gasteiger charge is 2.08. The molecule has 0 aliphatic rings. The number of rotatable bonds is 4. The number of hydrogen-bond donors (Lipinski definition) is 1. The molecule has 0 heterocycles. The van der Waals surface area contributed by atoms with Crippen molar-refractivity contribution in [2.24, 2.45) is 0 Å². The van der Waals surface area contributed by atoms with E-state index in [0.29, 0.717) is 12.2 Å². The lowest BCUT2D eigenvalue weighted by Gasteiger charge is -2.05. The molecule has 0 saturated carbocycles. The third kappa shape index (κ3) is 2.48. The van der Waals surface area contributed by atoms with Gasteiger partial charge in [-0.05, 0) is 25.1 Å². The number of thiol groups is 1. The molecule has 0 amide bonds. The molecule has 0 aliphatic carbocycles. The summed E-state index contributed by atoms with van der Waals surface area (Å²) in [7, 11) is 0. The fourth-order valence-electron chi connectivity index (χ4n) is 1.04. The van der Waals surface area contributed by atoms with E-state index in [0.717, 1.165) is 0 Å². The van der Waals surface area contributed by atoms with E-state index in [1.54, 1.807) is 6.92 Å². The van der Waals surface area contributed by atoms with Crippen molar-refractivity contribution in [2.75, 3.05) is 12.4 Å². The average molecular weight is 214 g/mol. The van der Waals surface area contributed by atoms with Gasteiger partial charge < -0.3 is 4.74 Å². The molecule has 76 valence electrons. The Balaban J connectivity index is 2.94. The first-order chi connectivity index (χ1) is 6.69. The molecule has 0 unspecified atom stereocenters. The molecular formula is C10H11FO2S. The SMILES string of the molecule is CCOc1ccc(C(=O)CS)cc1F. The first-order valence-electron chi connectivity index (χ1n) is 4.25. The van der Waals surface area contributed by atoms with Gasteiger partial charge in [0.05, 0.1) is 12.4 Å². The molecule has 0 radical (unpaired) electrons. The molecule has 4 heteroatoms. The Morgan fingerprint density at radius 2 is 2.29 bits per heavy atom. The molecule has 0 bridgehead atoms. The van der Waals surface area contributed by atoms with Crippen LogP contribution in [0.25, 0.3) is 0 Å². The Labute approximate surface area is 87.5 Å². The van der Waals surface area contributed by atoms with Crippen LogP contribution in [0.2, 0.25) is 0 Å². The molecule has 0 aromatic heterocycles. The summed E-state index contributed by atoms with van der Waals surface area (Å²) >= 11 is 3.83. The number of hydrogen-bond acceptors (Lipinski definition) is 3. The van der Waals surface area contributed by atoms with Crippen LogP contribution < -0.4 is 4.74 Å². The zero-order chi connectivity index (χ0) is 10.6. The maximum absolute atomic E-state index is 13.2. The Morgan fingerprint density at radius 1 is 1.57 bits per heavy atom. The van der Waals surface area contributed by atoms with Crippen molar-refractivity contribution in [1.82, 2.24) is 0 Å². The van der Waals surface area contributed by atoms with E-state index >= 15 is 0 Å². The van der Waals surface area contributed by atoms with Gasteiger partial charge in [-0.1, -0.05) is 0 Å². The van der Waals surface area contributed by atoms with Crippen LogP contribution in [0.5, 0.6) is 5.75 Å². The van der Waals surface area contributed by atoms with Gasteiger partial charge in [0, 0.05) is 5.56 Å². The zero-order valence-corrected chi connectivity index (χ0v) is 8.68. The number of halogens is 1. The first kappa shape index (κ1) is 11.0. The minimum Gasteiger partial charge on any atom is -0.491 e. The van der Waals surface area contributed by atoms with E-state index in [1.165, 1.54) is 18.2 Å². The largest absolute Gasteiger partial charge is 0.491 e. The lowest BCUT2D eigenvalue weighted by atomic mass is 10.1. The first-order valence-corrected chi connectivity index (χ1v) is 4.88. The minimum absolute atomic E-state index is 0.0768.